The molecule has 0 unspecified atom stereocenters. The molecule has 1 N–H and O–H groups in total. The predicted octanol–water partition coefficient (Wildman–Crippen LogP) is 4.92. The van der Waals surface area contributed by atoms with Crippen LogP contribution < -0.4 is 15.0 Å². The van der Waals surface area contributed by atoms with E-state index >= 15 is 0 Å². The minimum atomic E-state index is -0.206. The van der Waals surface area contributed by atoms with Gasteiger partial charge >= 0.3 is 0 Å². The SMILES string of the molecule is Cc1cccc(N2C(=O)/C(=C\c3ccc(COc4ccc5c(c4)CCC5)o3)NC2=S)c1. The predicted molar refractivity (Wildman–Crippen MR) is 124 cm³/mol. The van der Waals surface area contributed by atoms with Gasteiger partial charge in [-0.1, -0.05) is 18.2 Å². The summed E-state index contributed by atoms with van der Waals surface area (Å²) in [6.45, 7) is 2.31. The molecule has 6 heteroatoms. The Hall–Kier alpha value is -3.38. The first-order valence-corrected chi connectivity index (χ1v) is 10.7. The Kier molecular flexibility index (Phi) is 5.08. The lowest BCUT2D eigenvalue weighted by molar-refractivity contribution is -0.113. The molecule has 0 spiro atoms. The van der Waals surface area contributed by atoms with Crippen molar-refractivity contribution in [1.82, 2.24) is 5.32 Å². The highest BCUT2D eigenvalue weighted by molar-refractivity contribution is 7.80. The average molecular weight is 431 g/mol. The molecule has 5 nitrogen and oxygen atoms in total. The number of ether oxygens (including phenoxy) is 1. The van der Waals surface area contributed by atoms with Crippen LogP contribution in [0.15, 0.2) is 64.7 Å². The highest BCUT2D eigenvalue weighted by atomic mass is 32.1. The lowest BCUT2D eigenvalue weighted by Gasteiger charge is -2.14. The molecule has 1 saturated heterocycles. The maximum Gasteiger partial charge on any atom is 0.281 e. The van der Waals surface area contributed by atoms with Gasteiger partial charge in [-0.15, -0.1) is 0 Å². The van der Waals surface area contributed by atoms with Crippen LogP contribution in [-0.2, 0) is 24.2 Å². The molecule has 31 heavy (non-hydrogen) atoms. The number of thiocarbonyl (C=S) groups is 1. The van der Waals surface area contributed by atoms with Gasteiger partial charge in [-0.3, -0.25) is 9.69 Å². The third-order valence-corrected chi connectivity index (χ3v) is 5.84. The molecule has 156 valence electrons. The first kappa shape index (κ1) is 19.6. The van der Waals surface area contributed by atoms with Gasteiger partial charge in [0.2, 0.25) is 0 Å². The maximum atomic E-state index is 12.9. The lowest BCUT2D eigenvalue weighted by atomic mass is 10.1. The normalized spacial score (nSPS) is 16.7. The Morgan fingerprint density at radius 2 is 2.00 bits per heavy atom. The van der Waals surface area contributed by atoms with Crippen molar-refractivity contribution >= 4 is 35.0 Å². The molecule has 0 saturated carbocycles. The average Bonchev–Trinajstić information content (AvgIpc) is 3.46. The number of carbonyl (C=O) groups excluding carboxylic acids is 1. The first-order valence-electron chi connectivity index (χ1n) is 10.3. The summed E-state index contributed by atoms with van der Waals surface area (Å²) in [5.41, 5.74) is 4.98. The van der Waals surface area contributed by atoms with Crippen LogP contribution in [0.5, 0.6) is 5.75 Å². The molecule has 3 aromatic rings. The van der Waals surface area contributed by atoms with Gasteiger partial charge in [0.1, 0.15) is 29.6 Å². The second-order valence-electron chi connectivity index (χ2n) is 7.84. The Labute approximate surface area is 186 Å². The fourth-order valence-corrected chi connectivity index (χ4v) is 4.32. The van der Waals surface area contributed by atoms with E-state index in [0.29, 0.717) is 28.9 Å². The molecule has 2 aromatic carbocycles. The zero-order valence-electron chi connectivity index (χ0n) is 17.2. The molecule has 1 amide bonds. The largest absolute Gasteiger partial charge is 0.486 e. The van der Waals surface area contributed by atoms with E-state index in [0.717, 1.165) is 29.8 Å². The smallest absolute Gasteiger partial charge is 0.281 e. The highest BCUT2D eigenvalue weighted by Gasteiger charge is 2.32. The van der Waals surface area contributed by atoms with Crippen LogP contribution in [0, 0.1) is 6.92 Å². The van der Waals surface area contributed by atoms with Gasteiger partial charge in [-0.2, -0.15) is 0 Å². The summed E-state index contributed by atoms with van der Waals surface area (Å²) >= 11 is 5.37. The van der Waals surface area contributed by atoms with Crippen molar-refractivity contribution in [3.05, 3.63) is 88.5 Å². The van der Waals surface area contributed by atoms with Crippen LogP contribution >= 0.6 is 12.2 Å². The first-order chi connectivity index (χ1) is 15.1. The number of furan rings is 1. The summed E-state index contributed by atoms with van der Waals surface area (Å²) in [6, 6.07) is 17.6. The summed E-state index contributed by atoms with van der Waals surface area (Å²) in [7, 11) is 0. The molecule has 0 atom stereocenters. The van der Waals surface area contributed by atoms with Crippen LogP contribution in [0.1, 0.15) is 34.6 Å². The topological polar surface area (TPSA) is 54.7 Å². The van der Waals surface area contributed by atoms with Crippen LogP contribution in [0.2, 0.25) is 0 Å². The van der Waals surface area contributed by atoms with Crippen molar-refractivity contribution in [3.8, 4) is 5.75 Å². The molecular formula is C25H22N2O3S. The van der Waals surface area contributed by atoms with Gasteiger partial charge in [-0.25, -0.2) is 0 Å². The summed E-state index contributed by atoms with van der Waals surface area (Å²) in [5.74, 6) is 1.90. The van der Waals surface area contributed by atoms with E-state index in [-0.39, 0.29) is 5.91 Å². The number of aryl methyl sites for hydroxylation is 3. The number of rotatable bonds is 5. The lowest BCUT2D eigenvalue weighted by Crippen LogP contribution is -2.30. The van der Waals surface area contributed by atoms with Crippen molar-refractivity contribution in [1.29, 1.82) is 0 Å². The summed E-state index contributed by atoms with van der Waals surface area (Å²) in [4.78, 5) is 14.4. The minimum Gasteiger partial charge on any atom is -0.486 e. The van der Waals surface area contributed by atoms with Crippen molar-refractivity contribution in [2.75, 3.05) is 4.90 Å². The molecule has 1 fully saturated rings. The number of hydrogen-bond acceptors (Lipinski definition) is 4. The van der Waals surface area contributed by atoms with E-state index in [2.05, 4.69) is 17.4 Å². The molecule has 1 aliphatic heterocycles. The number of carbonyl (C=O) groups is 1. The molecule has 1 aliphatic carbocycles. The Bertz CT molecular complexity index is 1210. The van der Waals surface area contributed by atoms with Crippen molar-refractivity contribution in [2.45, 2.75) is 32.8 Å². The van der Waals surface area contributed by atoms with Gasteiger partial charge in [0.15, 0.2) is 5.11 Å². The van der Waals surface area contributed by atoms with E-state index in [1.54, 1.807) is 6.08 Å². The molecule has 2 heterocycles. The Balaban J connectivity index is 1.27. The van der Waals surface area contributed by atoms with Gasteiger partial charge in [0.05, 0.1) is 5.69 Å². The minimum absolute atomic E-state index is 0.206. The molecule has 5 rings (SSSR count). The summed E-state index contributed by atoms with van der Waals surface area (Å²) in [6.07, 6.45) is 5.16. The van der Waals surface area contributed by atoms with Crippen molar-refractivity contribution in [2.24, 2.45) is 0 Å². The standard InChI is InChI=1S/C25H22N2O3S/c1-16-4-2-7-19(12-16)27-24(28)23(26-25(27)31)14-21-10-11-22(30-21)15-29-20-9-8-17-5-3-6-18(17)13-20/h2,4,7-14H,3,5-6,15H2,1H3,(H,26,31)/b23-14+. The number of nitrogens with one attached hydrogen (secondary N) is 1. The zero-order chi connectivity index (χ0) is 21.4. The third kappa shape index (κ3) is 3.99. The second kappa shape index (κ2) is 8.04. The summed E-state index contributed by atoms with van der Waals surface area (Å²) < 4.78 is 11.7. The van der Waals surface area contributed by atoms with E-state index in [4.69, 9.17) is 21.4 Å². The van der Waals surface area contributed by atoms with Crippen LogP contribution in [0.3, 0.4) is 0 Å². The molecule has 0 bridgehead atoms. The number of anilines is 1. The Morgan fingerprint density at radius 1 is 1.13 bits per heavy atom. The number of amides is 1. The molecule has 0 radical (unpaired) electrons. The van der Waals surface area contributed by atoms with Gasteiger partial charge in [-0.05, 0) is 91.5 Å². The maximum absolute atomic E-state index is 12.9. The molecule has 1 aromatic heterocycles. The van der Waals surface area contributed by atoms with E-state index in [9.17, 15) is 4.79 Å². The van der Waals surface area contributed by atoms with Gasteiger partial charge < -0.3 is 14.5 Å². The number of hydrogen-bond donors (Lipinski definition) is 1. The molecular weight excluding hydrogens is 408 g/mol. The number of fused-ring (bicyclic) bond motifs is 1. The van der Waals surface area contributed by atoms with Gasteiger partial charge in [0, 0.05) is 6.08 Å². The highest BCUT2D eigenvalue weighted by Crippen LogP contribution is 2.27. The number of nitrogens with zero attached hydrogens (tertiary/aromatic N) is 1. The Morgan fingerprint density at radius 3 is 2.87 bits per heavy atom. The summed E-state index contributed by atoms with van der Waals surface area (Å²) in [5, 5.41) is 3.34. The van der Waals surface area contributed by atoms with Crippen LogP contribution in [0.25, 0.3) is 6.08 Å². The van der Waals surface area contributed by atoms with E-state index in [1.165, 1.54) is 22.4 Å². The number of benzene rings is 2. The van der Waals surface area contributed by atoms with Crippen molar-refractivity contribution < 1.29 is 13.9 Å². The van der Waals surface area contributed by atoms with Crippen LogP contribution in [0.4, 0.5) is 5.69 Å². The monoisotopic (exact) mass is 430 g/mol. The second-order valence-corrected chi connectivity index (χ2v) is 8.23. The zero-order valence-corrected chi connectivity index (χ0v) is 18.0. The van der Waals surface area contributed by atoms with Crippen molar-refractivity contribution in [3.63, 3.8) is 0 Å². The van der Waals surface area contributed by atoms with Gasteiger partial charge in [0.25, 0.3) is 5.91 Å². The van der Waals surface area contributed by atoms with Crippen LogP contribution in [-0.4, -0.2) is 11.0 Å². The van der Waals surface area contributed by atoms with E-state index < -0.39 is 0 Å². The fourth-order valence-electron chi connectivity index (χ4n) is 4.02. The third-order valence-electron chi connectivity index (χ3n) is 5.56. The fraction of sp³-hybridized carbons (Fsp3) is 0.200. The quantitative estimate of drug-likeness (QED) is 0.460. The molecule has 2 aliphatic rings. The van der Waals surface area contributed by atoms with E-state index in [1.807, 2.05) is 49.4 Å².